The third-order valence-corrected chi connectivity index (χ3v) is 4.19. The van der Waals surface area contributed by atoms with E-state index in [1.807, 2.05) is 12.1 Å². The maximum Gasteiger partial charge on any atom is 0.139 e. The van der Waals surface area contributed by atoms with Gasteiger partial charge in [0.1, 0.15) is 16.9 Å². The van der Waals surface area contributed by atoms with Crippen LogP contribution < -0.4 is 10.1 Å². The molecule has 1 fully saturated rings. The van der Waals surface area contributed by atoms with Crippen molar-refractivity contribution >= 4 is 23.2 Å². The largest absolute Gasteiger partial charge is 0.488 e. The first-order valence-corrected chi connectivity index (χ1v) is 7.29. The summed E-state index contributed by atoms with van der Waals surface area (Å²) in [4.78, 5) is 0. The SMILES string of the molecule is CCC[C@@H](Oc1cccc(Cl)c1Cl)[C@@H]1CCNC1. The Bertz CT molecular complexity index is 391. The number of hydrogen-bond donors (Lipinski definition) is 1. The van der Waals surface area contributed by atoms with Gasteiger partial charge in [-0.3, -0.25) is 0 Å². The van der Waals surface area contributed by atoms with Crippen LogP contribution in [-0.4, -0.2) is 19.2 Å². The van der Waals surface area contributed by atoms with Crippen molar-refractivity contribution < 1.29 is 4.74 Å². The first-order valence-electron chi connectivity index (χ1n) is 6.53. The van der Waals surface area contributed by atoms with Crippen LogP contribution in [0.5, 0.6) is 5.75 Å². The third kappa shape index (κ3) is 3.31. The van der Waals surface area contributed by atoms with Crippen molar-refractivity contribution in [3.8, 4) is 5.75 Å². The van der Waals surface area contributed by atoms with E-state index in [0.29, 0.717) is 21.7 Å². The molecule has 0 unspecified atom stereocenters. The van der Waals surface area contributed by atoms with Crippen molar-refractivity contribution in [1.29, 1.82) is 0 Å². The van der Waals surface area contributed by atoms with Crippen molar-refractivity contribution in [1.82, 2.24) is 5.32 Å². The number of ether oxygens (including phenoxy) is 1. The Hall–Kier alpha value is -0.440. The van der Waals surface area contributed by atoms with Crippen molar-refractivity contribution in [3.63, 3.8) is 0 Å². The monoisotopic (exact) mass is 287 g/mol. The normalized spacial score (nSPS) is 20.9. The molecule has 2 rings (SSSR count). The molecule has 2 nitrogen and oxygen atoms in total. The fourth-order valence-electron chi connectivity index (χ4n) is 2.41. The molecule has 0 saturated carbocycles. The summed E-state index contributed by atoms with van der Waals surface area (Å²) in [5.74, 6) is 1.27. The molecule has 1 aliphatic heterocycles. The number of nitrogens with one attached hydrogen (secondary N) is 1. The second-order valence-corrected chi connectivity index (χ2v) is 5.53. The fraction of sp³-hybridized carbons (Fsp3) is 0.571. The molecule has 1 aliphatic rings. The van der Waals surface area contributed by atoms with Crippen LogP contribution in [0.1, 0.15) is 26.2 Å². The van der Waals surface area contributed by atoms with Crippen LogP contribution in [0, 0.1) is 5.92 Å². The zero-order valence-electron chi connectivity index (χ0n) is 10.6. The van der Waals surface area contributed by atoms with Gasteiger partial charge in [-0.1, -0.05) is 42.6 Å². The van der Waals surface area contributed by atoms with Gasteiger partial charge in [-0.15, -0.1) is 0 Å². The maximum atomic E-state index is 6.17. The van der Waals surface area contributed by atoms with Crippen LogP contribution in [-0.2, 0) is 0 Å². The number of benzene rings is 1. The molecule has 1 aromatic rings. The molecule has 2 atom stereocenters. The molecule has 100 valence electrons. The standard InChI is InChI=1S/C14H19Cl2NO/c1-2-4-12(10-7-8-17-9-10)18-13-6-3-5-11(15)14(13)16/h3,5-6,10,12,17H,2,4,7-9H2,1H3/t10-,12-/m1/s1. The summed E-state index contributed by atoms with van der Waals surface area (Å²) in [5, 5.41) is 4.45. The highest BCUT2D eigenvalue weighted by Crippen LogP contribution is 2.34. The lowest BCUT2D eigenvalue weighted by atomic mass is 9.97. The Morgan fingerprint density at radius 1 is 1.44 bits per heavy atom. The molecule has 0 aromatic heterocycles. The van der Waals surface area contributed by atoms with Crippen molar-refractivity contribution in [2.45, 2.75) is 32.3 Å². The molecule has 1 saturated heterocycles. The van der Waals surface area contributed by atoms with E-state index < -0.39 is 0 Å². The summed E-state index contributed by atoms with van der Waals surface area (Å²) in [5.41, 5.74) is 0. The summed E-state index contributed by atoms with van der Waals surface area (Å²) < 4.78 is 6.09. The minimum absolute atomic E-state index is 0.223. The van der Waals surface area contributed by atoms with E-state index in [0.717, 1.165) is 25.9 Å². The molecule has 4 heteroatoms. The van der Waals surface area contributed by atoms with E-state index in [-0.39, 0.29) is 6.10 Å². The van der Waals surface area contributed by atoms with Gasteiger partial charge in [-0.25, -0.2) is 0 Å². The molecule has 0 bridgehead atoms. The Balaban J connectivity index is 2.10. The molecule has 0 radical (unpaired) electrons. The lowest BCUT2D eigenvalue weighted by Gasteiger charge is -2.24. The van der Waals surface area contributed by atoms with Crippen LogP contribution in [0.25, 0.3) is 0 Å². The van der Waals surface area contributed by atoms with Crippen LogP contribution in [0.4, 0.5) is 0 Å². The summed E-state index contributed by atoms with van der Waals surface area (Å²) in [7, 11) is 0. The van der Waals surface area contributed by atoms with Crippen molar-refractivity contribution in [2.24, 2.45) is 5.92 Å². The third-order valence-electron chi connectivity index (χ3n) is 3.39. The van der Waals surface area contributed by atoms with Gasteiger partial charge in [0.2, 0.25) is 0 Å². The fourth-order valence-corrected chi connectivity index (χ4v) is 2.74. The predicted molar refractivity (Wildman–Crippen MR) is 76.8 cm³/mol. The van der Waals surface area contributed by atoms with E-state index in [2.05, 4.69) is 12.2 Å². The lowest BCUT2D eigenvalue weighted by Crippen LogP contribution is -2.28. The van der Waals surface area contributed by atoms with Crippen LogP contribution in [0.2, 0.25) is 10.0 Å². The average molecular weight is 288 g/mol. The summed E-state index contributed by atoms with van der Waals surface area (Å²) >= 11 is 12.2. The highest BCUT2D eigenvalue weighted by Gasteiger charge is 2.26. The quantitative estimate of drug-likeness (QED) is 0.878. The molecule has 1 N–H and O–H groups in total. The average Bonchev–Trinajstić information content (AvgIpc) is 2.88. The Kier molecular flexibility index (Phi) is 5.16. The molecule has 1 aromatic carbocycles. The smallest absolute Gasteiger partial charge is 0.139 e. The van der Waals surface area contributed by atoms with Crippen molar-refractivity contribution in [2.75, 3.05) is 13.1 Å². The van der Waals surface area contributed by atoms with Gasteiger partial charge in [0.25, 0.3) is 0 Å². The van der Waals surface area contributed by atoms with E-state index >= 15 is 0 Å². The van der Waals surface area contributed by atoms with Gasteiger partial charge in [-0.2, -0.15) is 0 Å². The van der Waals surface area contributed by atoms with Gasteiger partial charge in [0.05, 0.1) is 5.02 Å². The van der Waals surface area contributed by atoms with Gasteiger partial charge >= 0.3 is 0 Å². The van der Waals surface area contributed by atoms with E-state index in [4.69, 9.17) is 27.9 Å². The van der Waals surface area contributed by atoms with Gasteiger partial charge in [0, 0.05) is 12.5 Å². The van der Waals surface area contributed by atoms with Gasteiger partial charge in [0.15, 0.2) is 0 Å². The highest BCUT2D eigenvalue weighted by molar-refractivity contribution is 6.42. The highest BCUT2D eigenvalue weighted by atomic mass is 35.5. The Morgan fingerprint density at radius 2 is 2.28 bits per heavy atom. The summed E-state index contributed by atoms with van der Waals surface area (Å²) in [6.07, 6.45) is 3.55. The van der Waals surface area contributed by atoms with E-state index in [9.17, 15) is 0 Å². The molecule has 0 aliphatic carbocycles. The number of rotatable bonds is 5. The van der Waals surface area contributed by atoms with Crippen LogP contribution >= 0.6 is 23.2 Å². The Morgan fingerprint density at radius 3 is 2.94 bits per heavy atom. The molecule has 1 heterocycles. The summed E-state index contributed by atoms with van der Waals surface area (Å²) in [6.45, 7) is 4.29. The predicted octanol–water partition coefficient (Wildman–Crippen LogP) is 4.15. The molecular formula is C14H19Cl2NO. The first-order chi connectivity index (χ1) is 8.72. The van der Waals surface area contributed by atoms with Crippen LogP contribution in [0.15, 0.2) is 18.2 Å². The molecule has 0 amide bonds. The minimum Gasteiger partial charge on any atom is -0.488 e. The molecule has 0 spiro atoms. The maximum absolute atomic E-state index is 6.17. The Labute approximate surface area is 119 Å². The number of hydrogen-bond acceptors (Lipinski definition) is 2. The first kappa shape index (κ1) is 14.0. The zero-order valence-corrected chi connectivity index (χ0v) is 12.1. The summed E-state index contributed by atoms with van der Waals surface area (Å²) in [6, 6.07) is 5.54. The van der Waals surface area contributed by atoms with Gasteiger partial charge in [-0.05, 0) is 31.5 Å². The minimum atomic E-state index is 0.223. The van der Waals surface area contributed by atoms with E-state index in [1.54, 1.807) is 6.07 Å². The zero-order chi connectivity index (χ0) is 13.0. The lowest BCUT2D eigenvalue weighted by molar-refractivity contribution is 0.132. The van der Waals surface area contributed by atoms with Gasteiger partial charge < -0.3 is 10.1 Å². The van der Waals surface area contributed by atoms with Crippen molar-refractivity contribution in [3.05, 3.63) is 28.2 Å². The number of halogens is 2. The second kappa shape index (κ2) is 6.65. The molecule has 18 heavy (non-hydrogen) atoms. The second-order valence-electron chi connectivity index (χ2n) is 4.75. The van der Waals surface area contributed by atoms with Crippen LogP contribution in [0.3, 0.4) is 0 Å². The van der Waals surface area contributed by atoms with E-state index in [1.165, 1.54) is 6.42 Å². The topological polar surface area (TPSA) is 21.3 Å². The molecular weight excluding hydrogens is 269 g/mol.